The summed E-state index contributed by atoms with van der Waals surface area (Å²) in [6, 6.07) is 4.98. The Morgan fingerprint density at radius 1 is 1.39 bits per heavy atom. The quantitative estimate of drug-likeness (QED) is 0.631. The molecule has 0 aliphatic carbocycles. The average Bonchev–Trinajstić information content (AvgIpc) is 2.77. The first-order valence-electron chi connectivity index (χ1n) is 5.26. The molecule has 3 N–H and O–H groups in total. The minimum absolute atomic E-state index is 0.218. The molecule has 1 aliphatic heterocycles. The van der Waals surface area contributed by atoms with Crippen molar-refractivity contribution in [3.05, 3.63) is 47.2 Å². The van der Waals surface area contributed by atoms with Crippen LogP contribution in [0.3, 0.4) is 0 Å². The van der Waals surface area contributed by atoms with E-state index in [4.69, 9.17) is 15.9 Å². The van der Waals surface area contributed by atoms with E-state index < -0.39 is 17.8 Å². The van der Waals surface area contributed by atoms with Gasteiger partial charge in [0, 0.05) is 6.42 Å². The van der Waals surface area contributed by atoms with E-state index in [0.717, 1.165) is 12.1 Å². The maximum atomic E-state index is 12.6. The van der Waals surface area contributed by atoms with Gasteiger partial charge in [0.2, 0.25) is 0 Å². The van der Waals surface area contributed by atoms with Gasteiger partial charge in [-0.1, -0.05) is 12.1 Å². The van der Waals surface area contributed by atoms with Crippen LogP contribution >= 0.6 is 0 Å². The zero-order valence-corrected chi connectivity index (χ0v) is 9.29. The fourth-order valence-electron chi connectivity index (χ4n) is 1.76. The molecule has 0 bridgehead atoms. The SMILES string of the molecule is N=C(N)C1=CCC(c2cccc(C(F)(F)F)c2)O1. The fraction of sp³-hybridized carbons (Fsp3) is 0.250. The Morgan fingerprint density at radius 2 is 2.11 bits per heavy atom. The lowest BCUT2D eigenvalue weighted by molar-refractivity contribution is -0.137. The highest BCUT2D eigenvalue weighted by molar-refractivity contribution is 5.92. The number of benzene rings is 1. The second-order valence-corrected chi connectivity index (χ2v) is 3.95. The van der Waals surface area contributed by atoms with Crippen molar-refractivity contribution < 1.29 is 17.9 Å². The van der Waals surface area contributed by atoms with Gasteiger partial charge >= 0.3 is 6.18 Å². The maximum absolute atomic E-state index is 12.6. The van der Waals surface area contributed by atoms with E-state index in [-0.39, 0.29) is 11.6 Å². The highest BCUT2D eigenvalue weighted by Gasteiger charge is 2.31. The van der Waals surface area contributed by atoms with Gasteiger partial charge in [0.05, 0.1) is 5.56 Å². The molecule has 0 saturated carbocycles. The summed E-state index contributed by atoms with van der Waals surface area (Å²) in [6.45, 7) is 0. The number of ether oxygens (including phenoxy) is 1. The minimum atomic E-state index is -4.37. The number of nitrogens with two attached hydrogens (primary N) is 1. The van der Waals surface area contributed by atoms with Crippen LogP contribution in [-0.4, -0.2) is 5.84 Å². The maximum Gasteiger partial charge on any atom is 0.416 e. The molecule has 0 fully saturated rings. The molecule has 0 aromatic heterocycles. The number of halogens is 3. The summed E-state index contributed by atoms with van der Waals surface area (Å²) in [5.74, 6) is 0.00175. The van der Waals surface area contributed by atoms with Crippen LogP contribution in [0.15, 0.2) is 36.1 Å². The van der Waals surface area contributed by atoms with Gasteiger partial charge in [-0.05, 0) is 23.8 Å². The van der Waals surface area contributed by atoms with Gasteiger partial charge in [0.25, 0.3) is 0 Å². The van der Waals surface area contributed by atoms with Crippen LogP contribution in [0.5, 0.6) is 0 Å². The number of amidine groups is 1. The minimum Gasteiger partial charge on any atom is -0.482 e. The van der Waals surface area contributed by atoms with Gasteiger partial charge in [-0.15, -0.1) is 0 Å². The van der Waals surface area contributed by atoms with Crippen molar-refractivity contribution in [2.75, 3.05) is 0 Å². The predicted molar refractivity (Wildman–Crippen MR) is 59.9 cm³/mol. The number of rotatable bonds is 2. The van der Waals surface area contributed by atoms with Crippen molar-refractivity contribution in [3.63, 3.8) is 0 Å². The van der Waals surface area contributed by atoms with E-state index in [9.17, 15) is 13.2 Å². The normalized spacial score (nSPS) is 19.3. The van der Waals surface area contributed by atoms with Crippen molar-refractivity contribution in [1.82, 2.24) is 0 Å². The molecule has 0 amide bonds. The Balaban J connectivity index is 2.19. The van der Waals surface area contributed by atoms with E-state index in [1.165, 1.54) is 6.07 Å². The van der Waals surface area contributed by atoms with E-state index in [2.05, 4.69) is 0 Å². The molecular weight excluding hydrogens is 245 g/mol. The fourth-order valence-corrected chi connectivity index (χ4v) is 1.76. The van der Waals surface area contributed by atoms with Gasteiger partial charge in [0.1, 0.15) is 6.10 Å². The largest absolute Gasteiger partial charge is 0.482 e. The summed E-state index contributed by atoms with van der Waals surface area (Å²) < 4.78 is 43.0. The highest BCUT2D eigenvalue weighted by Crippen LogP contribution is 2.35. The summed E-state index contributed by atoms with van der Waals surface area (Å²) in [5, 5.41) is 7.19. The van der Waals surface area contributed by atoms with Gasteiger partial charge in [-0.3, -0.25) is 5.41 Å². The highest BCUT2D eigenvalue weighted by atomic mass is 19.4. The molecular formula is C12H11F3N2O. The molecule has 2 rings (SSSR count). The number of hydrogen-bond acceptors (Lipinski definition) is 2. The Bertz CT molecular complexity index is 508. The first-order chi connectivity index (χ1) is 8.38. The molecule has 0 saturated heterocycles. The third-order valence-corrected chi connectivity index (χ3v) is 2.64. The lowest BCUT2D eigenvalue weighted by Gasteiger charge is -2.15. The summed E-state index contributed by atoms with van der Waals surface area (Å²) in [5.41, 5.74) is 4.97. The molecule has 1 aromatic carbocycles. The standard InChI is InChI=1S/C12H11F3N2O/c13-12(14,15)8-3-1-2-7(6-8)9-4-5-10(18-9)11(16)17/h1-3,5-6,9H,4H2,(H3,16,17). The van der Waals surface area contributed by atoms with Crippen LogP contribution in [0.4, 0.5) is 13.2 Å². The van der Waals surface area contributed by atoms with Crippen LogP contribution in [0.2, 0.25) is 0 Å². The topological polar surface area (TPSA) is 59.1 Å². The Morgan fingerprint density at radius 3 is 2.67 bits per heavy atom. The van der Waals surface area contributed by atoms with Crippen molar-refractivity contribution in [1.29, 1.82) is 5.41 Å². The molecule has 3 nitrogen and oxygen atoms in total. The molecule has 1 heterocycles. The molecule has 1 aliphatic rings. The van der Waals surface area contributed by atoms with Crippen LogP contribution < -0.4 is 5.73 Å². The lowest BCUT2D eigenvalue weighted by atomic mass is 10.0. The Hall–Kier alpha value is -1.98. The summed E-state index contributed by atoms with van der Waals surface area (Å²) >= 11 is 0. The monoisotopic (exact) mass is 256 g/mol. The molecule has 1 atom stereocenters. The first kappa shape index (κ1) is 12.5. The zero-order valence-electron chi connectivity index (χ0n) is 9.29. The van der Waals surface area contributed by atoms with Crippen LogP contribution in [-0.2, 0) is 10.9 Å². The van der Waals surface area contributed by atoms with Crippen molar-refractivity contribution in [2.24, 2.45) is 5.73 Å². The number of hydrogen-bond donors (Lipinski definition) is 2. The van der Waals surface area contributed by atoms with Gasteiger partial charge in [-0.25, -0.2) is 0 Å². The summed E-state index contributed by atoms with van der Waals surface area (Å²) in [6.07, 6.45) is -2.86. The molecule has 18 heavy (non-hydrogen) atoms. The molecule has 1 aromatic rings. The van der Waals surface area contributed by atoms with Gasteiger partial charge < -0.3 is 10.5 Å². The van der Waals surface area contributed by atoms with E-state index in [1.807, 2.05) is 0 Å². The van der Waals surface area contributed by atoms with Crippen molar-refractivity contribution in [2.45, 2.75) is 18.7 Å². The van der Waals surface area contributed by atoms with Gasteiger partial charge in [0.15, 0.2) is 11.6 Å². The van der Waals surface area contributed by atoms with Gasteiger partial charge in [-0.2, -0.15) is 13.2 Å². The van der Waals surface area contributed by atoms with E-state index in [1.54, 1.807) is 12.1 Å². The number of nitrogens with one attached hydrogen (secondary N) is 1. The Labute approximate surface area is 102 Å². The third kappa shape index (κ3) is 2.47. The summed E-state index contributed by atoms with van der Waals surface area (Å²) in [7, 11) is 0. The lowest BCUT2D eigenvalue weighted by Crippen LogP contribution is -2.14. The van der Waals surface area contributed by atoms with E-state index in [0.29, 0.717) is 12.0 Å². The molecule has 1 unspecified atom stereocenters. The van der Waals surface area contributed by atoms with Crippen LogP contribution in [0, 0.1) is 5.41 Å². The smallest absolute Gasteiger partial charge is 0.416 e. The molecule has 6 heteroatoms. The second kappa shape index (κ2) is 4.36. The predicted octanol–water partition coefficient (Wildman–Crippen LogP) is 2.99. The summed E-state index contributed by atoms with van der Waals surface area (Å²) in [4.78, 5) is 0. The first-order valence-corrected chi connectivity index (χ1v) is 5.26. The average molecular weight is 256 g/mol. The Kier molecular flexibility index (Phi) is 3.02. The molecule has 0 spiro atoms. The zero-order chi connectivity index (χ0) is 13.3. The van der Waals surface area contributed by atoms with Crippen LogP contribution in [0.25, 0.3) is 0 Å². The van der Waals surface area contributed by atoms with E-state index >= 15 is 0 Å². The number of alkyl halides is 3. The molecule has 96 valence electrons. The van der Waals surface area contributed by atoms with Crippen molar-refractivity contribution in [3.8, 4) is 0 Å². The van der Waals surface area contributed by atoms with Crippen molar-refractivity contribution >= 4 is 5.84 Å². The molecule has 0 radical (unpaired) electrons. The third-order valence-electron chi connectivity index (χ3n) is 2.64. The van der Waals surface area contributed by atoms with Crippen LogP contribution in [0.1, 0.15) is 23.7 Å². The second-order valence-electron chi connectivity index (χ2n) is 3.95.